The van der Waals surface area contributed by atoms with Crippen molar-refractivity contribution in [1.82, 2.24) is 4.90 Å². The molecule has 1 aliphatic rings. The molecule has 0 spiro atoms. The molecule has 1 atom stereocenters. The Hall–Kier alpha value is -2.17. The lowest BCUT2D eigenvalue weighted by Gasteiger charge is -2.34. The molecular formula is C21H30N2O3. The predicted octanol–water partition coefficient (Wildman–Crippen LogP) is 3.53. The Morgan fingerprint density at radius 3 is 2.50 bits per heavy atom. The van der Waals surface area contributed by atoms with Crippen LogP contribution >= 0.6 is 0 Å². The highest BCUT2D eigenvalue weighted by atomic mass is 16.2. The Bertz CT molecular complexity index is 669. The van der Waals surface area contributed by atoms with Crippen molar-refractivity contribution in [3.63, 3.8) is 0 Å². The summed E-state index contributed by atoms with van der Waals surface area (Å²) < 4.78 is 0. The van der Waals surface area contributed by atoms with Crippen molar-refractivity contribution < 1.29 is 14.4 Å². The van der Waals surface area contributed by atoms with E-state index >= 15 is 0 Å². The highest BCUT2D eigenvalue weighted by Gasteiger charge is 2.28. The number of nitrogens with zero attached hydrogens (tertiary/aromatic N) is 2. The van der Waals surface area contributed by atoms with Crippen molar-refractivity contribution in [2.24, 2.45) is 11.8 Å². The maximum Gasteiger partial charge on any atom is 0.246 e. The standard InChI is InChI=1S/C21H30N2O3/c1-5-16(4)21(26)17-7-6-8-18(13-17)23-12-11-22(14-20(23)25)19(24)10-9-15(2)3/h6-8,13,15-16H,5,9-12,14H2,1-4H3. The van der Waals surface area contributed by atoms with E-state index in [1.807, 2.05) is 26.0 Å². The average Bonchev–Trinajstić information content (AvgIpc) is 2.64. The molecule has 0 N–H and O–H groups in total. The number of piperazine rings is 1. The van der Waals surface area contributed by atoms with E-state index in [9.17, 15) is 14.4 Å². The first-order chi connectivity index (χ1) is 12.3. The van der Waals surface area contributed by atoms with Gasteiger partial charge in [-0.05, 0) is 30.9 Å². The molecule has 2 amide bonds. The first-order valence-corrected chi connectivity index (χ1v) is 9.55. The predicted molar refractivity (Wildman–Crippen MR) is 103 cm³/mol. The third kappa shape index (κ3) is 4.93. The summed E-state index contributed by atoms with van der Waals surface area (Å²) in [5.74, 6) is 0.497. The van der Waals surface area contributed by atoms with E-state index in [0.29, 0.717) is 31.0 Å². The number of carbonyl (C=O) groups excluding carboxylic acids is 3. The zero-order chi connectivity index (χ0) is 19.3. The first-order valence-electron chi connectivity index (χ1n) is 9.55. The van der Waals surface area contributed by atoms with Crippen molar-refractivity contribution in [2.45, 2.75) is 47.0 Å². The molecule has 1 unspecified atom stereocenters. The zero-order valence-corrected chi connectivity index (χ0v) is 16.3. The molecule has 1 heterocycles. The fourth-order valence-electron chi connectivity index (χ4n) is 3.03. The van der Waals surface area contributed by atoms with Gasteiger partial charge in [0.2, 0.25) is 11.8 Å². The van der Waals surface area contributed by atoms with Crippen LogP contribution < -0.4 is 4.90 Å². The van der Waals surface area contributed by atoms with Crippen LogP contribution in [-0.4, -0.2) is 42.1 Å². The molecular weight excluding hydrogens is 328 g/mol. The lowest BCUT2D eigenvalue weighted by atomic mass is 9.97. The number of hydrogen-bond acceptors (Lipinski definition) is 3. The molecule has 1 aromatic rings. The van der Waals surface area contributed by atoms with Gasteiger partial charge in [0.25, 0.3) is 0 Å². The summed E-state index contributed by atoms with van der Waals surface area (Å²) >= 11 is 0. The number of amides is 2. The highest BCUT2D eigenvalue weighted by Crippen LogP contribution is 2.22. The Labute approximate surface area is 156 Å². The monoisotopic (exact) mass is 358 g/mol. The largest absolute Gasteiger partial charge is 0.332 e. The fourth-order valence-corrected chi connectivity index (χ4v) is 3.03. The van der Waals surface area contributed by atoms with Crippen molar-refractivity contribution in [3.05, 3.63) is 29.8 Å². The van der Waals surface area contributed by atoms with E-state index in [4.69, 9.17) is 0 Å². The van der Waals surface area contributed by atoms with Crippen molar-refractivity contribution in [2.75, 3.05) is 24.5 Å². The second-order valence-electron chi connectivity index (χ2n) is 7.52. The maximum absolute atomic E-state index is 12.6. The highest BCUT2D eigenvalue weighted by molar-refractivity contribution is 6.01. The second-order valence-corrected chi connectivity index (χ2v) is 7.52. The Morgan fingerprint density at radius 2 is 1.88 bits per heavy atom. The van der Waals surface area contributed by atoms with E-state index in [0.717, 1.165) is 18.5 Å². The van der Waals surface area contributed by atoms with Gasteiger partial charge < -0.3 is 9.80 Å². The van der Waals surface area contributed by atoms with Crippen LogP contribution in [-0.2, 0) is 9.59 Å². The van der Waals surface area contributed by atoms with Gasteiger partial charge in [-0.2, -0.15) is 0 Å². The lowest BCUT2D eigenvalue weighted by Crippen LogP contribution is -2.52. The van der Waals surface area contributed by atoms with E-state index in [1.165, 1.54) is 0 Å². The Balaban J connectivity index is 2.04. The number of hydrogen-bond donors (Lipinski definition) is 0. The van der Waals surface area contributed by atoms with Crippen LogP contribution in [0.25, 0.3) is 0 Å². The second kappa shape index (κ2) is 8.97. The zero-order valence-electron chi connectivity index (χ0n) is 16.3. The first kappa shape index (κ1) is 20.1. The molecule has 0 aliphatic carbocycles. The summed E-state index contributed by atoms with van der Waals surface area (Å²) in [4.78, 5) is 40.6. The van der Waals surface area contributed by atoms with Crippen LogP contribution in [0.2, 0.25) is 0 Å². The van der Waals surface area contributed by atoms with Crippen molar-refractivity contribution in [1.29, 1.82) is 0 Å². The smallest absolute Gasteiger partial charge is 0.246 e. The van der Waals surface area contributed by atoms with E-state index < -0.39 is 0 Å². The molecule has 0 radical (unpaired) electrons. The number of ketones is 1. The molecule has 5 nitrogen and oxygen atoms in total. The summed E-state index contributed by atoms with van der Waals surface area (Å²) in [5, 5.41) is 0. The van der Waals surface area contributed by atoms with E-state index in [1.54, 1.807) is 21.9 Å². The number of carbonyl (C=O) groups is 3. The molecule has 142 valence electrons. The number of anilines is 1. The topological polar surface area (TPSA) is 57.7 Å². The van der Waals surface area contributed by atoms with Crippen LogP contribution in [0.4, 0.5) is 5.69 Å². The summed E-state index contributed by atoms with van der Waals surface area (Å²) in [6.07, 6.45) is 2.12. The minimum atomic E-state index is -0.0951. The molecule has 1 aliphatic heterocycles. The maximum atomic E-state index is 12.6. The van der Waals surface area contributed by atoms with E-state index in [-0.39, 0.29) is 30.1 Å². The molecule has 1 saturated heterocycles. The van der Waals surface area contributed by atoms with Gasteiger partial charge in [0, 0.05) is 36.7 Å². The minimum Gasteiger partial charge on any atom is -0.332 e. The van der Waals surface area contributed by atoms with E-state index in [2.05, 4.69) is 13.8 Å². The molecule has 0 saturated carbocycles. The summed E-state index contributed by atoms with van der Waals surface area (Å²) in [5.41, 5.74) is 1.37. The van der Waals surface area contributed by atoms with Gasteiger partial charge in [-0.25, -0.2) is 0 Å². The van der Waals surface area contributed by atoms with Crippen LogP contribution in [0.15, 0.2) is 24.3 Å². The van der Waals surface area contributed by atoms with Gasteiger partial charge >= 0.3 is 0 Å². The van der Waals surface area contributed by atoms with Gasteiger partial charge in [0.05, 0.1) is 0 Å². The van der Waals surface area contributed by atoms with Gasteiger partial charge in [-0.1, -0.05) is 39.8 Å². The number of rotatable bonds is 7. The summed E-state index contributed by atoms with van der Waals surface area (Å²) in [7, 11) is 0. The summed E-state index contributed by atoms with van der Waals surface area (Å²) in [6, 6.07) is 7.26. The fraction of sp³-hybridized carbons (Fsp3) is 0.571. The van der Waals surface area contributed by atoms with Crippen LogP contribution in [0.1, 0.15) is 57.3 Å². The third-order valence-corrected chi connectivity index (χ3v) is 5.01. The lowest BCUT2D eigenvalue weighted by molar-refractivity contribution is -0.137. The van der Waals surface area contributed by atoms with Crippen molar-refractivity contribution >= 4 is 23.3 Å². The van der Waals surface area contributed by atoms with Gasteiger partial charge in [-0.15, -0.1) is 0 Å². The minimum absolute atomic E-state index is 0.0311. The van der Waals surface area contributed by atoms with Crippen LogP contribution in [0.5, 0.6) is 0 Å². The van der Waals surface area contributed by atoms with Gasteiger partial charge in [-0.3, -0.25) is 14.4 Å². The van der Waals surface area contributed by atoms with Crippen LogP contribution in [0.3, 0.4) is 0 Å². The molecule has 5 heteroatoms. The van der Waals surface area contributed by atoms with Crippen molar-refractivity contribution in [3.8, 4) is 0 Å². The Kier molecular flexibility index (Phi) is 6.95. The van der Waals surface area contributed by atoms with Gasteiger partial charge in [0.15, 0.2) is 5.78 Å². The third-order valence-electron chi connectivity index (χ3n) is 5.01. The number of benzene rings is 1. The van der Waals surface area contributed by atoms with Gasteiger partial charge in [0.1, 0.15) is 6.54 Å². The molecule has 1 aromatic carbocycles. The van der Waals surface area contributed by atoms with Crippen LogP contribution in [0, 0.1) is 11.8 Å². The molecule has 0 aromatic heterocycles. The quantitative estimate of drug-likeness (QED) is 0.701. The molecule has 1 fully saturated rings. The molecule has 26 heavy (non-hydrogen) atoms. The SMILES string of the molecule is CCC(C)C(=O)c1cccc(N2CCN(C(=O)CCC(C)C)CC2=O)c1. The summed E-state index contributed by atoms with van der Waals surface area (Å²) in [6.45, 7) is 9.20. The normalized spacial score (nSPS) is 16.1. The molecule has 2 rings (SSSR count). The average molecular weight is 358 g/mol. The molecule has 0 bridgehead atoms. The Morgan fingerprint density at radius 1 is 1.15 bits per heavy atom. The number of Topliss-reactive ketones (excluding diaryl/α,β-unsaturated/α-hetero) is 1.